The maximum Gasteiger partial charge on any atom is 0.208 e. The summed E-state index contributed by atoms with van der Waals surface area (Å²) >= 11 is 0. The van der Waals surface area contributed by atoms with Crippen LogP contribution < -0.4 is 15.4 Å². The Morgan fingerprint density at radius 2 is 1.86 bits per heavy atom. The number of hydrogen-bond acceptors (Lipinski definition) is 3. The minimum Gasteiger partial charge on any atom is -0.357 e. The monoisotopic (exact) mass is 432 g/mol. The molecule has 1 fully saturated rings. The molecule has 0 saturated heterocycles. The van der Waals surface area contributed by atoms with Crippen molar-refractivity contribution in [2.24, 2.45) is 10.9 Å². The molecule has 0 radical (unpaired) electrons. The lowest BCUT2D eigenvalue weighted by molar-refractivity contribution is 0.329. The lowest BCUT2D eigenvalue weighted by Crippen LogP contribution is -2.45. The van der Waals surface area contributed by atoms with Gasteiger partial charge in [0.15, 0.2) is 5.96 Å². The largest absolute Gasteiger partial charge is 0.357 e. The van der Waals surface area contributed by atoms with E-state index in [0.29, 0.717) is 19.1 Å². The SMILES string of the molecule is CCNC(=NCCNS(C)(=O)=O)NC1CCC(C)CC1.I. The van der Waals surface area contributed by atoms with Gasteiger partial charge in [-0.15, -0.1) is 24.0 Å². The molecule has 0 spiro atoms. The molecule has 0 aromatic heterocycles. The van der Waals surface area contributed by atoms with Crippen molar-refractivity contribution in [2.75, 3.05) is 25.9 Å². The minimum atomic E-state index is -3.13. The van der Waals surface area contributed by atoms with Gasteiger partial charge in [0.1, 0.15) is 0 Å². The smallest absolute Gasteiger partial charge is 0.208 e. The summed E-state index contributed by atoms with van der Waals surface area (Å²) in [5.41, 5.74) is 0. The van der Waals surface area contributed by atoms with E-state index in [0.717, 1.165) is 24.7 Å². The molecule has 1 rings (SSSR count). The Morgan fingerprint density at radius 1 is 1.24 bits per heavy atom. The number of hydrogen-bond donors (Lipinski definition) is 3. The summed E-state index contributed by atoms with van der Waals surface area (Å²) in [5, 5.41) is 6.64. The Bertz CT molecular complexity index is 406. The summed E-state index contributed by atoms with van der Waals surface area (Å²) < 4.78 is 24.4. The first-order valence-electron chi connectivity index (χ1n) is 7.40. The van der Waals surface area contributed by atoms with Crippen molar-refractivity contribution in [1.29, 1.82) is 0 Å². The third kappa shape index (κ3) is 10.3. The highest BCUT2D eigenvalue weighted by molar-refractivity contribution is 14.0. The predicted octanol–water partition coefficient (Wildman–Crippen LogP) is 1.29. The predicted molar refractivity (Wildman–Crippen MR) is 98.8 cm³/mol. The Kier molecular flexibility index (Phi) is 10.6. The van der Waals surface area contributed by atoms with Gasteiger partial charge in [0, 0.05) is 19.1 Å². The van der Waals surface area contributed by atoms with Crippen LogP contribution in [-0.4, -0.2) is 46.3 Å². The fourth-order valence-corrected chi connectivity index (χ4v) is 2.78. The highest BCUT2D eigenvalue weighted by Crippen LogP contribution is 2.23. The molecule has 0 aliphatic heterocycles. The number of rotatable bonds is 6. The second kappa shape index (κ2) is 10.6. The van der Waals surface area contributed by atoms with E-state index in [2.05, 4.69) is 27.3 Å². The van der Waals surface area contributed by atoms with Crippen LogP contribution in [0.25, 0.3) is 0 Å². The molecule has 0 aromatic rings. The van der Waals surface area contributed by atoms with E-state index in [9.17, 15) is 8.42 Å². The lowest BCUT2D eigenvalue weighted by atomic mass is 9.87. The van der Waals surface area contributed by atoms with Gasteiger partial charge in [-0.3, -0.25) is 4.99 Å². The number of guanidine groups is 1. The van der Waals surface area contributed by atoms with Crippen LogP contribution in [-0.2, 0) is 10.0 Å². The Labute approximate surface area is 146 Å². The van der Waals surface area contributed by atoms with Crippen molar-refractivity contribution in [3.8, 4) is 0 Å². The molecule has 126 valence electrons. The Balaban J connectivity index is 0.00000400. The van der Waals surface area contributed by atoms with Gasteiger partial charge in [-0.2, -0.15) is 0 Å². The van der Waals surface area contributed by atoms with E-state index in [4.69, 9.17) is 0 Å². The van der Waals surface area contributed by atoms with Gasteiger partial charge in [-0.25, -0.2) is 13.1 Å². The van der Waals surface area contributed by atoms with Gasteiger partial charge < -0.3 is 10.6 Å². The summed E-state index contributed by atoms with van der Waals surface area (Å²) in [5.74, 6) is 1.61. The van der Waals surface area contributed by atoms with Gasteiger partial charge >= 0.3 is 0 Å². The third-order valence-electron chi connectivity index (χ3n) is 3.45. The van der Waals surface area contributed by atoms with E-state index in [1.54, 1.807) is 0 Å². The highest BCUT2D eigenvalue weighted by Gasteiger charge is 2.18. The average molecular weight is 432 g/mol. The Morgan fingerprint density at radius 3 is 2.38 bits per heavy atom. The van der Waals surface area contributed by atoms with Gasteiger partial charge in [0.25, 0.3) is 0 Å². The minimum absolute atomic E-state index is 0. The fraction of sp³-hybridized carbons (Fsp3) is 0.923. The molecular formula is C13H29IN4O2S. The summed E-state index contributed by atoms with van der Waals surface area (Å²) in [6, 6.07) is 0.479. The van der Waals surface area contributed by atoms with E-state index >= 15 is 0 Å². The molecule has 0 bridgehead atoms. The maximum absolute atomic E-state index is 11.0. The molecule has 21 heavy (non-hydrogen) atoms. The molecule has 1 aliphatic carbocycles. The van der Waals surface area contributed by atoms with E-state index in [1.165, 1.54) is 25.7 Å². The number of sulfonamides is 1. The van der Waals surface area contributed by atoms with Crippen molar-refractivity contribution in [3.63, 3.8) is 0 Å². The summed E-state index contributed by atoms with van der Waals surface area (Å²) in [4.78, 5) is 4.40. The topological polar surface area (TPSA) is 82.6 Å². The first-order chi connectivity index (χ1) is 9.40. The molecule has 0 atom stereocenters. The van der Waals surface area contributed by atoms with E-state index in [1.807, 2.05) is 6.92 Å². The van der Waals surface area contributed by atoms with Crippen LogP contribution in [0.5, 0.6) is 0 Å². The molecule has 1 saturated carbocycles. The third-order valence-corrected chi connectivity index (χ3v) is 4.18. The molecular weight excluding hydrogens is 403 g/mol. The second-order valence-electron chi connectivity index (χ2n) is 5.53. The normalized spacial score (nSPS) is 23.3. The first-order valence-corrected chi connectivity index (χ1v) is 9.29. The van der Waals surface area contributed by atoms with Crippen LogP contribution in [0.1, 0.15) is 39.5 Å². The van der Waals surface area contributed by atoms with Crippen molar-refractivity contribution in [1.82, 2.24) is 15.4 Å². The van der Waals surface area contributed by atoms with Gasteiger partial charge in [-0.1, -0.05) is 6.92 Å². The molecule has 8 heteroatoms. The molecule has 0 heterocycles. The second-order valence-corrected chi connectivity index (χ2v) is 7.36. The number of aliphatic imine (C=N–C) groups is 1. The maximum atomic E-state index is 11.0. The first kappa shape index (κ1) is 20.9. The van der Waals surface area contributed by atoms with Crippen LogP contribution in [0, 0.1) is 5.92 Å². The number of nitrogens with one attached hydrogen (secondary N) is 3. The zero-order chi connectivity index (χ0) is 15.0. The molecule has 1 aliphatic rings. The Hall–Kier alpha value is -0.0900. The number of nitrogens with zero attached hydrogens (tertiary/aromatic N) is 1. The van der Waals surface area contributed by atoms with Crippen LogP contribution in [0.4, 0.5) is 0 Å². The van der Waals surface area contributed by atoms with Crippen LogP contribution in [0.15, 0.2) is 4.99 Å². The van der Waals surface area contributed by atoms with Crippen molar-refractivity contribution in [2.45, 2.75) is 45.6 Å². The van der Waals surface area contributed by atoms with Crippen molar-refractivity contribution in [3.05, 3.63) is 0 Å². The van der Waals surface area contributed by atoms with E-state index in [-0.39, 0.29) is 24.0 Å². The fourth-order valence-electron chi connectivity index (χ4n) is 2.32. The van der Waals surface area contributed by atoms with Gasteiger partial charge in [0.05, 0.1) is 12.8 Å². The zero-order valence-electron chi connectivity index (χ0n) is 13.2. The van der Waals surface area contributed by atoms with Crippen LogP contribution >= 0.6 is 24.0 Å². The van der Waals surface area contributed by atoms with E-state index < -0.39 is 10.0 Å². The van der Waals surface area contributed by atoms with Crippen LogP contribution in [0.2, 0.25) is 0 Å². The quantitative estimate of drug-likeness (QED) is 0.256. The molecule has 0 amide bonds. The highest BCUT2D eigenvalue weighted by atomic mass is 127. The summed E-state index contributed by atoms with van der Waals surface area (Å²) in [7, 11) is -3.13. The van der Waals surface area contributed by atoms with Crippen molar-refractivity contribution >= 4 is 40.0 Å². The zero-order valence-corrected chi connectivity index (χ0v) is 16.3. The molecule has 3 N–H and O–H groups in total. The lowest BCUT2D eigenvalue weighted by Gasteiger charge is -2.28. The van der Waals surface area contributed by atoms with Crippen molar-refractivity contribution < 1.29 is 8.42 Å². The molecule has 6 nitrogen and oxygen atoms in total. The number of halogens is 1. The standard InChI is InChI=1S/C13H28N4O2S.HI/c1-4-14-13(15-9-10-16-20(3,18)19)17-12-7-5-11(2)6-8-12;/h11-12,16H,4-10H2,1-3H3,(H2,14,15,17);1H. The summed E-state index contributed by atoms with van der Waals surface area (Å²) in [6.45, 7) is 5.89. The van der Waals surface area contributed by atoms with Gasteiger partial charge in [0.2, 0.25) is 10.0 Å². The molecule has 0 aromatic carbocycles. The van der Waals surface area contributed by atoms with Gasteiger partial charge in [-0.05, 0) is 38.5 Å². The van der Waals surface area contributed by atoms with Crippen LogP contribution in [0.3, 0.4) is 0 Å². The molecule has 0 unspecified atom stereocenters. The summed E-state index contributed by atoms with van der Waals surface area (Å²) in [6.07, 6.45) is 6.02. The average Bonchev–Trinajstić information content (AvgIpc) is 2.36.